The van der Waals surface area contributed by atoms with Crippen LogP contribution in [0.4, 0.5) is 10.1 Å². The summed E-state index contributed by atoms with van der Waals surface area (Å²) in [7, 11) is 0. The highest BCUT2D eigenvalue weighted by atomic mass is 19.1. The lowest BCUT2D eigenvalue weighted by atomic mass is 10.2. The summed E-state index contributed by atoms with van der Waals surface area (Å²) in [6.45, 7) is 1.88. The first-order valence-electron chi connectivity index (χ1n) is 6.03. The Balaban J connectivity index is 1.99. The van der Waals surface area contributed by atoms with Crippen LogP contribution in [0.1, 0.15) is 12.5 Å². The predicted octanol–water partition coefficient (Wildman–Crippen LogP) is 4.33. The molecule has 96 valence electrons. The van der Waals surface area contributed by atoms with Crippen LogP contribution in [0.15, 0.2) is 65.8 Å². The van der Waals surface area contributed by atoms with Gasteiger partial charge in [-0.1, -0.05) is 36.4 Å². The molecule has 0 aromatic heterocycles. The molecule has 0 fully saturated rings. The molecule has 3 heteroatoms. The number of halogens is 1. The Morgan fingerprint density at radius 2 is 1.89 bits per heavy atom. The Morgan fingerprint density at radius 1 is 1.11 bits per heavy atom. The fourth-order valence-corrected chi connectivity index (χ4v) is 1.53. The monoisotopic (exact) mass is 254 g/mol. The van der Waals surface area contributed by atoms with E-state index < -0.39 is 0 Å². The molecule has 2 aromatic rings. The van der Waals surface area contributed by atoms with E-state index in [0.717, 1.165) is 17.0 Å². The van der Waals surface area contributed by atoms with E-state index >= 15 is 0 Å². The number of benzene rings is 2. The Kier molecular flexibility index (Phi) is 4.45. The van der Waals surface area contributed by atoms with Crippen LogP contribution in [0.5, 0.6) is 0 Å². The number of hydrogen-bond donors (Lipinski definition) is 1. The molecule has 2 aromatic carbocycles. The first kappa shape index (κ1) is 13.0. The third-order valence-corrected chi connectivity index (χ3v) is 2.50. The van der Waals surface area contributed by atoms with E-state index in [0.29, 0.717) is 0 Å². The van der Waals surface area contributed by atoms with Crippen molar-refractivity contribution in [2.24, 2.45) is 5.10 Å². The van der Waals surface area contributed by atoms with Crippen molar-refractivity contribution < 1.29 is 4.39 Å². The molecule has 0 heterocycles. The van der Waals surface area contributed by atoms with Crippen molar-refractivity contribution in [3.63, 3.8) is 0 Å². The van der Waals surface area contributed by atoms with E-state index in [1.54, 1.807) is 6.07 Å². The van der Waals surface area contributed by atoms with Gasteiger partial charge in [0.25, 0.3) is 0 Å². The average molecular weight is 254 g/mol. The smallest absolute Gasteiger partial charge is 0.123 e. The van der Waals surface area contributed by atoms with E-state index in [2.05, 4.69) is 10.5 Å². The van der Waals surface area contributed by atoms with Crippen molar-refractivity contribution in [2.75, 3.05) is 5.43 Å². The van der Waals surface area contributed by atoms with Gasteiger partial charge in [0, 0.05) is 0 Å². The van der Waals surface area contributed by atoms with Crippen LogP contribution in [-0.2, 0) is 0 Å². The minimum absolute atomic E-state index is 0.237. The van der Waals surface area contributed by atoms with Gasteiger partial charge in [0.15, 0.2) is 0 Å². The number of hydrogen-bond acceptors (Lipinski definition) is 2. The second-order valence-corrected chi connectivity index (χ2v) is 4.12. The van der Waals surface area contributed by atoms with E-state index in [9.17, 15) is 4.39 Å². The maximum atomic E-state index is 13.0. The molecule has 0 saturated heterocycles. The van der Waals surface area contributed by atoms with Gasteiger partial charge in [-0.25, -0.2) is 4.39 Å². The van der Waals surface area contributed by atoms with Crippen molar-refractivity contribution in [2.45, 2.75) is 6.92 Å². The number of nitrogens with one attached hydrogen (secondary N) is 1. The number of para-hydroxylation sites is 1. The molecule has 0 bridgehead atoms. The van der Waals surface area contributed by atoms with Crippen LogP contribution >= 0.6 is 0 Å². The topological polar surface area (TPSA) is 24.4 Å². The van der Waals surface area contributed by atoms with Crippen LogP contribution in [0.2, 0.25) is 0 Å². The van der Waals surface area contributed by atoms with Gasteiger partial charge in [-0.15, -0.1) is 0 Å². The van der Waals surface area contributed by atoms with Crippen molar-refractivity contribution in [3.8, 4) is 0 Å². The second kappa shape index (κ2) is 6.50. The molecule has 0 unspecified atom stereocenters. The molecule has 0 aliphatic carbocycles. The summed E-state index contributed by atoms with van der Waals surface area (Å²) in [5.41, 5.74) is 5.51. The third kappa shape index (κ3) is 4.39. The molecule has 0 aliphatic rings. The van der Waals surface area contributed by atoms with Gasteiger partial charge in [0.2, 0.25) is 0 Å². The number of rotatable bonds is 4. The molecule has 19 heavy (non-hydrogen) atoms. The average Bonchev–Trinajstić information content (AvgIpc) is 2.44. The van der Waals surface area contributed by atoms with Gasteiger partial charge < -0.3 is 0 Å². The van der Waals surface area contributed by atoms with Gasteiger partial charge in [0.1, 0.15) is 5.82 Å². The summed E-state index contributed by atoms with van der Waals surface area (Å²) in [4.78, 5) is 0. The lowest BCUT2D eigenvalue weighted by Gasteiger charge is -1.99. The standard InChI is InChI=1S/C16H15FN2/c1-13(18-19-16-8-3-2-4-9-16)10-11-14-6-5-7-15(17)12-14/h2-12,19H,1H3/b11-10+,18-13+. The molecule has 2 nitrogen and oxygen atoms in total. The number of nitrogens with zero attached hydrogens (tertiary/aromatic N) is 1. The molecular formula is C16H15FN2. The zero-order valence-electron chi connectivity index (χ0n) is 10.7. The Hall–Kier alpha value is -2.42. The fraction of sp³-hybridized carbons (Fsp3) is 0.0625. The zero-order chi connectivity index (χ0) is 13.5. The molecule has 0 saturated carbocycles. The number of anilines is 1. The van der Waals surface area contributed by atoms with Gasteiger partial charge in [-0.05, 0) is 42.8 Å². The minimum atomic E-state index is -0.237. The largest absolute Gasteiger partial charge is 0.278 e. The van der Waals surface area contributed by atoms with E-state index in [1.165, 1.54) is 12.1 Å². The van der Waals surface area contributed by atoms with E-state index in [4.69, 9.17) is 0 Å². The quantitative estimate of drug-likeness (QED) is 0.637. The normalized spacial score (nSPS) is 11.8. The van der Waals surface area contributed by atoms with Crippen molar-refractivity contribution in [1.82, 2.24) is 0 Å². The molecule has 0 radical (unpaired) electrons. The summed E-state index contributed by atoms with van der Waals surface area (Å²) in [5, 5.41) is 4.22. The summed E-state index contributed by atoms with van der Waals surface area (Å²) in [6, 6.07) is 16.1. The van der Waals surface area contributed by atoms with Gasteiger partial charge >= 0.3 is 0 Å². The Bertz CT molecular complexity index is 589. The van der Waals surface area contributed by atoms with E-state index in [-0.39, 0.29) is 5.82 Å². The van der Waals surface area contributed by atoms with E-state index in [1.807, 2.05) is 55.5 Å². The predicted molar refractivity (Wildman–Crippen MR) is 78.6 cm³/mol. The van der Waals surface area contributed by atoms with Crippen molar-refractivity contribution in [1.29, 1.82) is 0 Å². The van der Waals surface area contributed by atoms with Crippen molar-refractivity contribution in [3.05, 3.63) is 72.1 Å². The summed E-state index contributed by atoms with van der Waals surface area (Å²) in [5.74, 6) is -0.237. The first-order valence-corrected chi connectivity index (χ1v) is 6.03. The molecule has 2 rings (SSSR count). The highest BCUT2D eigenvalue weighted by Gasteiger charge is 1.91. The van der Waals surface area contributed by atoms with Crippen LogP contribution in [-0.4, -0.2) is 5.71 Å². The number of hydrazone groups is 1. The maximum Gasteiger partial charge on any atom is 0.123 e. The van der Waals surface area contributed by atoms with Crippen LogP contribution in [0.3, 0.4) is 0 Å². The lowest BCUT2D eigenvalue weighted by Crippen LogP contribution is -1.93. The molecule has 0 aliphatic heterocycles. The van der Waals surface area contributed by atoms with Gasteiger partial charge in [-0.2, -0.15) is 5.10 Å². The van der Waals surface area contributed by atoms with Crippen LogP contribution in [0.25, 0.3) is 6.08 Å². The first-order chi connectivity index (χ1) is 9.24. The van der Waals surface area contributed by atoms with Crippen LogP contribution in [0, 0.1) is 5.82 Å². The van der Waals surface area contributed by atoms with Gasteiger partial charge in [-0.3, -0.25) is 5.43 Å². The highest BCUT2D eigenvalue weighted by molar-refractivity contribution is 5.96. The molecule has 0 atom stereocenters. The molecule has 0 spiro atoms. The molecule has 0 amide bonds. The lowest BCUT2D eigenvalue weighted by molar-refractivity contribution is 0.627. The maximum absolute atomic E-state index is 13.0. The fourth-order valence-electron chi connectivity index (χ4n) is 1.53. The van der Waals surface area contributed by atoms with Crippen molar-refractivity contribution >= 4 is 17.5 Å². The van der Waals surface area contributed by atoms with Crippen LogP contribution < -0.4 is 5.43 Å². The Morgan fingerprint density at radius 3 is 2.63 bits per heavy atom. The molecule has 1 N–H and O–H groups in total. The minimum Gasteiger partial charge on any atom is -0.278 e. The second-order valence-electron chi connectivity index (χ2n) is 4.12. The van der Waals surface area contributed by atoms with Gasteiger partial charge in [0.05, 0.1) is 11.4 Å². The summed E-state index contributed by atoms with van der Waals surface area (Å²) < 4.78 is 13.0. The Labute approximate surface area is 112 Å². The summed E-state index contributed by atoms with van der Waals surface area (Å²) in [6.07, 6.45) is 3.67. The zero-order valence-corrected chi connectivity index (χ0v) is 10.7. The molecular weight excluding hydrogens is 239 g/mol. The SMILES string of the molecule is CC(/C=C/c1cccc(F)c1)=N\Nc1ccccc1. The third-order valence-electron chi connectivity index (χ3n) is 2.50. The highest BCUT2D eigenvalue weighted by Crippen LogP contribution is 2.07. The number of allylic oxidation sites excluding steroid dienone is 1. The summed E-state index contributed by atoms with van der Waals surface area (Å²) >= 11 is 0.